The monoisotopic (exact) mass is 333 g/mol. The molecule has 0 bridgehead atoms. The van der Waals surface area contributed by atoms with Gasteiger partial charge in [-0.25, -0.2) is 0 Å². The summed E-state index contributed by atoms with van der Waals surface area (Å²) in [5.74, 6) is 0.376. The molecule has 116 valence electrons. The van der Waals surface area contributed by atoms with Crippen LogP contribution in [0.15, 0.2) is 42.5 Å². The van der Waals surface area contributed by atoms with E-state index in [-0.39, 0.29) is 11.2 Å². The van der Waals surface area contributed by atoms with Gasteiger partial charge in [-0.05, 0) is 43.5 Å². The predicted octanol–water partition coefficient (Wildman–Crippen LogP) is 5.39. The van der Waals surface area contributed by atoms with Crippen molar-refractivity contribution in [3.05, 3.63) is 64.2 Å². The summed E-state index contributed by atoms with van der Waals surface area (Å²) in [6.45, 7) is 6.05. The number of rotatable bonds is 5. The Morgan fingerprint density at radius 1 is 1.23 bits per heavy atom. The third kappa shape index (κ3) is 4.52. The Kier molecular flexibility index (Phi) is 5.92. The first-order valence-electron chi connectivity index (χ1n) is 7.20. The quantitative estimate of drug-likeness (QED) is 0.794. The second-order valence-corrected chi connectivity index (χ2v) is 7.09. The highest BCUT2D eigenvalue weighted by atomic mass is 35.5. The van der Waals surface area contributed by atoms with Crippen molar-refractivity contribution in [2.45, 2.75) is 26.0 Å². The molecular weight excluding hydrogens is 314 g/mol. The topological polar surface area (TPSA) is 29.1 Å². The molecule has 2 rings (SSSR count). The van der Waals surface area contributed by atoms with Crippen LogP contribution >= 0.6 is 23.4 Å². The number of anilines is 1. The van der Waals surface area contributed by atoms with Crippen LogP contribution in [0.4, 0.5) is 5.69 Å². The van der Waals surface area contributed by atoms with Gasteiger partial charge in [0.25, 0.3) is 0 Å². The average molecular weight is 334 g/mol. The molecule has 0 fully saturated rings. The Bertz CT molecular complexity index is 634. The number of amides is 1. The van der Waals surface area contributed by atoms with Gasteiger partial charge >= 0.3 is 0 Å². The van der Waals surface area contributed by atoms with Crippen LogP contribution in [0, 0.1) is 13.8 Å². The number of hydrogen-bond acceptors (Lipinski definition) is 2. The first-order chi connectivity index (χ1) is 10.5. The molecule has 0 aliphatic carbocycles. The average Bonchev–Trinajstić information content (AvgIpc) is 2.49. The number of hydrogen-bond donors (Lipinski definition) is 1. The third-order valence-electron chi connectivity index (χ3n) is 3.43. The maximum Gasteiger partial charge on any atom is 0.234 e. The van der Waals surface area contributed by atoms with Gasteiger partial charge in [0.1, 0.15) is 0 Å². The molecule has 2 nitrogen and oxygen atoms in total. The molecule has 0 saturated carbocycles. The van der Waals surface area contributed by atoms with Gasteiger partial charge in [0.15, 0.2) is 0 Å². The van der Waals surface area contributed by atoms with E-state index in [4.69, 9.17) is 11.6 Å². The van der Waals surface area contributed by atoms with Gasteiger partial charge in [0.2, 0.25) is 5.91 Å². The molecule has 1 amide bonds. The summed E-state index contributed by atoms with van der Waals surface area (Å²) >= 11 is 7.83. The fraction of sp³-hybridized carbons (Fsp3) is 0.278. The number of thioether (sulfide) groups is 1. The normalized spacial score (nSPS) is 12.0. The SMILES string of the molecule is Cc1cc(C)c(NC(=O)CS[C@H](C)c2ccccc2)c(Cl)c1. The summed E-state index contributed by atoms with van der Waals surface area (Å²) in [7, 11) is 0. The summed E-state index contributed by atoms with van der Waals surface area (Å²) in [6, 6.07) is 14.1. The van der Waals surface area contributed by atoms with E-state index in [1.54, 1.807) is 11.8 Å². The highest BCUT2D eigenvalue weighted by Gasteiger charge is 2.12. The van der Waals surface area contributed by atoms with E-state index in [1.807, 2.05) is 44.2 Å². The Morgan fingerprint density at radius 2 is 1.91 bits per heavy atom. The van der Waals surface area contributed by atoms with Gasteiger partial charge in [0.05, 0.1) is 16.5 Å². The lowest BCUT2D eigenvalue weighted by molar-refractivity contribution is -0.113. The van der Waals surface area contributed by atoms with Crippen LogP contribution in [-0.4, -0.2) is 11.7 Å². The summed E-state index contributed by atoms with van der Waals surface area (Å²) in [6.07, 6.45) is 0. The van der Waals surface area contributed by atoms with E-state index in [1.165, 1.54) is 5.56 Å². The smallest absolute Gasteiger partial charge is 0.234 e. The van der Waals surface area contributed by atoms with Gasteiger partial charge < -0.3 is 5.32 Å². The van der Waals surface area contributed by atoms with Gasteiger partial charge in [0, 0.05) is 5.25 Å². The zero-order chi connectivity index (χ0) is 16.1. The molecule has 1 N–H and O–H groups in total. The zero-order valence-electron chi connectivity index (χ0n) is 13.0. The molecule has 22 heavy (non-hydrogen) atoms. The van der Waals surface area contributed by atoms with Crippen molar-refractivity contribution in [1.29, 1.82) is 0 Å². The molecule has 0 heterocycles. The third-order valence-corrected chi connectivity index (χ3v) is 4.93. The molecule has 0 saturated heterocycles. The molecule has 1 atom stereocenters. The minimum Gasteiger partial charge on any atom is -0.324 e. The Hall–Kier alpha value is -1.45. The van der Waals surface area contributed by atoms with Crippen molar-refractivity contribution in [3.63, 3.8) is 0 Å². The number of aryl methyl sites for hydroxylation is 2. The van der Waals surface area contributed by atoms with Gasteiger partial charge in [-0.3, -0.25) is 4.79 Å². The number of nitrogens with one attached hydrogen (secondary N) is 1. The van der Waals surface area contributed by atoms with Crippen LogP contribution in [0.1, 0.15) is 28.9 Å². The van der Waals surface area contributed by atoms with Crippen molar-refractivity contribution in [3.8, 4) is 0 Å². The lowest BCUT2D eigenvalue weighted by Crippen LogP contribution is -2.16. The maximum absolute atomic E-state index is 12.1. The fourth-order valence-corrected chi connectivity index (χ4v) is 3.46. The second kappa shape index (κ2) is 7.70. The van der Waals surface area contributed by atoms with Crippen LogP contribution in [0.2, 0.25) is 5.02 Å². The molecule has 0 aliphatic heterocycles. The van der Waals surface area contributed by atoms with E-state index in [9.17, 15) is 4.79 Å². The molecule has 2 aromatic rings. The Morgan fingerprint density at radius 3 is 2.55 bits per heavy atom. The largest absolute Gasteiger partial charge is 0.324 e. The van der Waals surface area contributed by atoms with E-state index in [0.717, 1.165) is 11.1 Å². The van der Waals surface area contributed by atoms with Crippen molar-refractivity contribution < 1.29 is 4.79 Å². The van der Waals surface area contributed by atoms with Crippen molar-refractivity contribution in [2.75, 3.05) is 11.1 Å². The van der Waals surface area contributed by atoms with Crippen LogP contribution in [0.25, 0.3) is 0 Å². The molecule has 0 spiro atoms. The van der Waals surface area contributed by atoms with Crippen molar-refractivity contribution in [2.24, 2.45) is 0 Å². The maximum atomic E-state index is 12.1. The molecule has 0 radical (unpaired) electrons. The first-order valence-corrected chi connectivity index (χ1v) is 8.63. The summed E-state index contributed by atoms with van der Waals surface area (Å²) in [4.78, 5) is 12.1. The lowest BCUT2D eigenvalue weighted by atomic mass is 10.1. The number of carbonyl (C=O) groups excluding carboxylic acids is 1. The summed E-state index contributed by atoms with van der Waals surface area (Å²) in [5.41, 5.74) is 4.02. The number of carbonyl (C=O) groups is 1. The predicted molar refractivity (Wildman–Crippen MR) is 96.9 cm³/mol. The standard InChI is InChI=1S/C18H20ClNOS/c1-12-9-13(2)18(16(19)10-12)20-17(21)11-22-14(3)15-7-5-4-6-8-15/h4-10,14H,11H2,1-3H3,(H,20,21)/t14-/m1/s1. The fourth-order valence-electron chi connectivity index (χ4n) is 2.27. The highest BCUT2D eigenvalue weighted by molar-refractivity contribution is 8.00. The minimum atomic E-state index is -0.0263. The lowest BCUT2D eigenvalue weighted by Gasteiger charge is -2.14. The van der Waals surface area contributed by atoms with Crippen LogP contribution < -0.4 is 5.32 Å². The van der Waals surface area contributed by atoms with E-state index >= 15 is 0 Å². The second-order valence-electron chi connectivity index (χ2n) is 5.35. The van der Waals surface area contributed by atoms with E-state index in [2.05, 4.69) is 24.4 Å². The summed E-state index contributed by atoms with van der Waals surface area (Å²) < 4.78 is 0. The van der Waals surface area contributed by atoms with E-state index in [0.29, 0.717) is 16.5 Å². The van der Waals surface area contributed by atoms with Crippen molar-refractivity contribution >= 4 is 35.0 Å². The van der Waals surface area contributed by atoms with E-state index < -0.39 is 0 Å². The van der Waals surface area contributed by atoms with Crippen LogP contribution in [0.5, 0.6) is 0 Å². The minimum absolute atomic E-state index is 0.0263. The number of benzene rings is 2. The van der Waals surface area contributed by atoms with Crippen LogP contribution in [-0.2, 0) is 4.79 Å². The van der Waals surface area contributed by atoms with Gasteiger partial charge in [-0.1, -0.05) is 48.0 Å². The molecule has 0 unspecified atom stereocenters. The molecule has 4 heteroatoms. The van der Waals surface area contributed by atoms with Gasteiger partial charge in [-0.2, -0.15) is 0 Å². The molecule has 0 aliphatic rings. The summed E-state index contributed by atoms with van der Waals surface area (Å²) in [5, 5.41) is 3.79. The molecule has 2 aromatic carbocycles. The van der Waals surface area contributed by atoms with Crippen molar-refractivity contribution in [1.82, 2.24) is 0 Å². The zero-order valence-corrected chi connectivity index (χ0v) is 14.6. The molecule has 0 aromatic heterocycles. The Balaban J connectivity index is 1.94. The Labute approximate surface area is 141 Å². The highest BCUT2D eigenvalue weighted by Crippen LogP contribution is 2.30. The molecular formula is C18H20ClNOS. The van der Waals surface area contributed by atoms with Gasteiger partial charge in [-0.15, -0.1) is 11.8 Å². The van der Waals surface area contributed by atoms with Crippen LogP contribution in [0.3, 0.4) is 0 Å². The number of halogens is 1. The first kappa shape index (κ1) is 16.9.